The molecule has 0 aliphatic carbocycles. The fourth-order valence-electron chi connectivity index (χ4n) is 4.27. The van der Waals surface area contributed by atoms with Gasteiger partial charge in [0, 0.05) is 38.4 Å². The fourth-order valence-corrected chi connectivity index (χ4v) is 4.27. The smallest absolute Gasteiger partial charge is 0.231 e. The van der Waals surface area contributed by atoms with Gasteiger partial charge in [0.25, 0.3) is 0 Å². The Kier molecular flexibility index (Phi) is 9.28. The van der Waals surface area contributed by atoms with E-state index < -0.39 is 0 Å². The molecule has 0 atom stereocenters. The van der Waals surface area contributed by atoms with Crippen LogP contribution >= 0.6 is 24.8 Å². The summed E-state index contributed by atoms with van der Waals surface area (Å²) in [7, 11) is 1.73. The molecular formula is C23H31Cl2N3O2. The van der Waals surface area contributed by atoms with Crippen molar-refractivity contribution in [3.05, 3.63) is 54.1 Å². The average Bonchev–Trinajstić information content (AvgIpc) is 3.06. The van der Waals surface area contributed by atoms with Gasteiger partial charge >= 0.3 is 0 Å². The van der Waals surface area contributed by atoms with E-state index >= 15 is 0 Å². The number of methoxy groups -OCH3 is 1. The van der Waals surface area contributed by atoms with Crippen LogP contribution in [0, 0.1) is 0 Å². The van der Waals surface area contributed by atoms with Crippen LogP contribution in [0.15, 0.2) is 48.5 Å². The topological polar surface area (TPSA) is 36.0 Å². The molecule has 0 radical (unpaired) electrons. The van der Waals surface area contributed by atoms with E-state index in [1.165, 1.54) is 11.3 Å². The number of hydrogen-bond donors (Lipinski definition) is 0. The minimum Gasteiger partial charge on any atom is -0.495 e. The standard InChI is InChI=1S/C23H29N3O2.2ClH/c1-28-22-11-5-4-10-21(22)25-16-14-24(15-17-25)12-6-7-13-26-20-9-3-2-8-19(20)18-23(26)27;;/h2-5,8-11H,6-7,12-18H2,1H3;2*1H. The zero-order chi connectivity index (χ0) is 19.3. The van der Waals surface area contributed by atoms with Crippen molar-refractivity contribution in [2.24, 2.45) is 0 Å². The molecule has 164 valence electrons. The molecule has 7 heteroatoms. The number of ether oxygens (including phenoxy) is 1. The zero-order valence-corrected chi connectivity index (χ0v) is 19.1. The third kappa shape index (κ3) is 5.39. The lowest BCUT2D eigenvalue weighted by Crippen LogP contribution is -2.46. The van der Waals surface area contributed by atoms with E-state index in [0.29, 0.717) is 6.42 Å². The predicted octanol–water partition coefficient (Wildman–Crippen LogP) is 4.03. The molecule has 2 aromatic rings. The Morgan fingerprint density at radius 3 is 2.20 bits per heavy atom. The van der Waals surface area contributed by atoms with E-state index in [1.54, 1.807) is 7.11 Å². The average molecular weight is 452 g/mol. The Bertz CT molecular complexity index is 826. The van der Waals surface area contributed by atoms with E-state index in [9.17, 15) is 4.79 Å². The second kappa shape index (κ2) is 11.4. The summed E-state index contributed by atoms with van der Waals surface area (Å²) in [6, 6.07) is 16.4. The number of rotatable bonds is 7. The predicted molar refractivity (Wildman–Crippen MR) is 128 cm³/mol. The van der Waals surface area contributed by atoms with Gasteiger partial charge in [-0.3, -0.25) is 9.69 Å². The largest absolute Gasteiger partial charge is 0.495 e. The van der Waals surface area contributed by atoms with Gasteiger partial charge in [-0.05, 0) is 43.1 Å². The van der Waals surface area contributed by atoms with Gasteiger partial charge in [-0.25, -0.2) is 0 Å². The number of carbonyl (C=O) groups excluding carboxylic acids is 1. The molecule has 4 rings (SSSR count). The van der Waals surface area contributed by atoms with Crippen LogP contribution in [0.2, 0.25) is 0 Å². The quantitative estimate of drug-likeness (QED) is 0.595. The molecule has 2 aliphatic rings. The molecule has 30 heavy (non-hydrogen) atoms. The third-order valence-electron chi connectivity index (χ3n) is 5.83. The summed E-state index contributed by atoms with van der Waals surface area (Å²) >= 11 is 0. The van der Waals surface area contributed by atoms with Crippen LogP contribution in [0.4, 0.5) is 11.4 Å². The molecule has 0 bridgehead atoms. The molecule has 0 saturated carbocycles. The Morgan fingerprint density at radius 1 is 0.833 bits per heavy atom. The van der Waals surface area contributed by atoms with Crippen molar-refractivity contribution in [3.8, 4) is 5.75 Å². The third-order valence-corrected chi connectivity index (χ3v) is 5.83. The summed E-state index contributed by atoms with van der Waals surface area (Å²) in [5.41, 5.74) is 3.47. The lowest BCUT2D eigenvalue weighted by Gasteiger charge is -2.36. The van der Waals surface area contributed by atoms with Gasteiger partial charge in [0.15, 0.2) is 0 Å². The summed E-state index contributed by atoms with van der Waals surface area (Å²) in [4.78, 5) is 19.2. The SMILES string of the molecule is COc1ccccc1N1CCN(CCCCN2C(=O)Cc3ccccc32)CC1.Cl.Cl. The Labute approximate surface area is 191 Å². The highest BCUT2D eigenvalue weighted by molar-refractivity contribution is 6.01. The molecule has 0 N–H and O–H groups in total. The Hall–Kier alpha value is -1.95. The first kappa shape index (κ1) is 24.3. The van der Waals surface area contributed by atoms with Gasteiger partial charge < -0.3 is 14.5 Å². The van der Waals surface area contributed by atoms with Crippen LogP contribution in [0.1, 0.15) is 18.4 Å². The number of fused-ring (bicyclic) bond motifs is 1. The summed E-state index contributed by atoms with van der Waals surface area (Å²) < 4.78 is 5.50. The highest BCUT2D eigenvalue weighted by Gasteiger charge is 2.26. The van der Waals surface area contributed by atoms with Gasteiger partial charge in [0.05, 0.1) is 19.2 Å². The first-order chi connectivity index (χ1) is 13.8. The van der Waals surface area contributed by atoms with Gasteiger partial charge in [0.1, 0.15) is 5.75 Å². The van der Waals surface area contributed by atoms with E-state index in [-0.39, 0.29) is 30.7 Å². The van der Waals surface area contributed by atoms with Crippen molar-refractivity contribution in [1.29, 1.82) is 0 Å². The minimum atomic E-state index is 0. The van der Waals surface area contributed by atoms with Crippen LogP contribution in [-0.4, -0.2) is 57.2 Å². The fraction of sp³-hybridized carbons (Fsp3) is 0.435. The highest BCUT2D eigenvalue weighted by atomic mass is 35.5. The highest BCUT2D eigenvalue weighted by Crippen LogP contribution is 2.29. The molecule has 2 aromatic carbocycles. The maximum atomic E-state index is 12.2. The van der Waals surface area contributed by atoms with Crippen LogP contribution < -0.4 is 14.5 Å². The molecule has 1 amide bonds. The van der Waals surface area contributed by atoms with Crippen LogP contribution in [0.3, 0.4) is 0 Å². The van der Waals surface area contributed by atoms with Crippen molar-refractivity contribution in [2.45, 2.75) is 19.3 Å². The molecule has 2 heterocycles. The summed E-state index contributed by atoms with van der Waals surface area (Å²) in [6.07, 6.45) is 2.73. The number of piperazine rings is 1. The van der Waals surface area contributed by atoms with Crippen molar-refractivity contribution >= 4 is 42.1 Å². The number of anilines is 2. The monoisotopic (exact) mass is 451 g/mol. The number of hydrogen-bond acceptors (Lipinski definition) is 4. The number of halogens is 2. The number of benzene rings is 2. The van der Waals surface area contributed by atoms with Crippen molar-refractivity contribution in [2.75, 3.05) is 56.2 Å². The van der Waals surface area contributed by atoms with Gasteiger partial charge in [-0.1, -0.05) is 30.3 Å². The zero-order valence-electron chi connectivity index (χ0n) is 17.5. The maximum Gasteiger partial charge on any atom is 0.231 e. The number of nitrogens with zero attached hydrogens (tertiary/aromatic N) is 3. The summed E-state index contributed by atoms with van der Waals surface area (Å²) in [6.45, 7) is 6.13. The van der Waals surface area contributed by atoms with Crippen LogP contribution in [0.5, 0.6) is 5.75 Å². The Balaban J connectivity index is 0.00000160. The number of unbranched alkanes of at least 4 members (excludes halogenated alkanes) is 1. The molecule has 0 aromatic heterocycles. The van der Waals surface area contributed by atoms with Crippen molar-refractivity contribution < 1.29 is 9.53 Å². The van der Waals surface area contributed by atoms with Gasteiger partial charge in [-0.2, -0.15) is 0 Å². The molecule has 1 fully saturated rings. The van der Waals surface area contributed by atoms with Crippen LogP contribution in [0.25, 0.3) is 0 Å². The summed E-state index contributed by atoms with van der Waals surface area (Å²) in [5.74, 6) is 1.19. The lowest BCUT2D eigenvalue weighted by molar-refractivity contribution is -0.117. The first-order valence-corrected chi connectivity index (χ1v) is 10.2. The number of amides is 1. The number of para-hydroxylation sites is 3. The van der Waals surface area contributed by atoms with E-state index in [2.05, 4.69) is 34.1 Å². The second-order valence-corrected chi connectivity index (χ2v) is 7.56. The first-order valence-electron chi connectivity index (χ1n) is 10.2. The molecular weight excluding hydrogens is 421 g/mol. The van der Waals surface area contributed by atoms with E-state index in [4.69, 9.17) is 4.74 Å². The molecule has 0 spiro atoms. The number of carbonyl (C=O) groups is 1. The van der Waals surface area contributed by atoms with Gasteiger partial charge in [-0.15, -0.1) is 24.8 Å². The van der Waals surface area contributed by atoms with E-state index in [0.717, 1.165) is 63.5 Å². The summed E-state index contributed by atoms with van der Waals surface area (Å²) in [5, 5.41) is 0. The molecule has 1 saturated heterocycles. The van der Waals surface area contributed by atoms with Crippen LogP contribution in [-0.2, 0) is 11.2 Å². The molecule has 0 unspecified atom stereocenters. The van der Waals surface area contributed by atoms with Crippen molar-refractivity contribution in [1.82, 2.24) is 4.90 Å². The Morgan fingerprint density at radius 2 is 1.47 bits per heavy atom. The minimum absolute atomic E-state index is 0. The van der Waals surface area contributed by atoms with E-state index in [1.807, 2.05) is 29.2 Å². The molecule has 5 nitrogen and oxygen atoms in total. The lowest BCUT2D eigenvalue weighted by atomic mass is 10.2. The van der Waals surface area contributed by atoms with Crippen molar-refractivity contribution in [3.63, 3.8) is 0 Å². The molecule has 2 aliphatic heterocycles. The second-order valence-electron chi connectivity index (χ2n) is 7.56. The van der Waals surface area contributed by atoms with Gasteiger partial charge in [0.2, 0.25) is 5.91 Å². The normalized spacial score (nSPS) is 16.0. The maximum absolute atomic E-state index is 12.2.